The summed E-state index contributed by atoms with van der Waals surface area (Å²) in [6.45, 7) is 0.776. The van der Waals surface area contributed by atoms with E-state index in [1.54, 1.807) is 0 Å². The zero-order valence-electron chi connectivity index (χ0n) is 17.9. The zero-order valence-corrected chi connectivity index (χ0v) is 17.9. The van der Waals surface area contributed by atoms with E-state index < -0.39 is 23.4 Å². The maximum Gasteiger partial charge on any atom is 0.311 e. The largest absolute Gasteiger partial charge is 0.481 e. The summed E-state index contributed by atoms with van der Waals surface area (Å²) in [7, 11) is 4.09. The number of carboxylic acids is 1. The molecular formula is C26H33NO3. The van der Waals surface area contributed by atoms with Gasteiger partial charge in [-0.25, -0.2) is 0 Å². The van der Waals surface area contributed by atoms with Gasteiger partial charge in [0.2, 0.25) is 0 Å². The van der Waals surface area contributed by atoms with Gasteiger partial charge in [0.25, 0.3) is 0 Å². The summed E-state index contributed by atoms with van der Waals surface area (Å²) in [6, 6.07) is 19.3. The molecule has 0 radical (unpaired) electrons. The average molecular weight is 408 g/mol. The molecule has 2 bridgehead atoms. The Bertz CT molecular complexity index is 853. The summed E-state index contributed by atoms with van der Waals surface area (Å²) in [6.07, 6.45) is 4.11. The maximum atomic E-state index is 12.7. The van der Waals surface area contributed by atoms with E-state index in [-0.39, 0.29) is 5.92 Å². The van der Waals surface area contributed by atoms with Gasteiger partial charge in [0.05, 0.1) is 11.5 Å². The molecule has 0 spiro atoms. The van der Waals surface area contributed by atoms with Crippen molar-refractivity contribution in [3.8, 4) is 0 Å². The van der Waals surface area contributed by atoms with Crippen molar-refractivity contribution in [2.24, 2.45) is 17.8 Å². The first kappa shape index (κ1) is 21.1. The Morgan fingerprint density at radius 3 is 2.20 bits per heavy atom. The molecule has 4 rings (SSSR count). The van der Waals surface area contributed by atoms with Crippen LogP contribution in [-0.4, -0.2) is 47.3 Å². The number of aliphatic hydroxyl groups is 1. The van der Waals surface area contributed by atoms with Crippen molar-refractivity contribution in [2.45, 2.75) is 43.1 Å². The Morgan fingerprint density at radius 1 is 1.03 bits per heavy atom. The highest BCUT2D eigenvalue weighted by atomic mass is 16.4. The van der Waals surface area contributed by atoms with E-state index in [1.165, 1.54) is 0 Å². The van der Waals surface area contributed by atoms with Crippen LogP contribution in [0.2, 0.25) is 0 Å². The molecule has 0 amide bonds. The fourth-order valence-electron chi connectivity index (χ4n) is 6.31. The second-order valence-electron chi connectivity index (χ2n) is 9.62. The number of aliphatic carboxylic acids is 1. The maximum absolute atomic E-state index is 12.7. The second kappa shape index (κ2) is 8.52. The lowest BCUT2D eigenvalue weighted by atomic mass is 9.58. The summed E-state index contributed by atoms with van der Waals surface area (Å²) in [5.74, 6) is -1.16. The Labute approximate surface area is 179 Å². The smallest absolute Gasteiger partial charge is 0.311 e. The van der Waals surface area contributed by atoms with Crippen LogP contribution < -0.4 is 0 Å². The molecule has 2 aromatic rings. The van der Waals surface area contributed by atoms with E-state index in [9.17, 15) is 15.0 Å². The number of carbonyl (C=O) groups is 1. The van der Waals surface area contributed by atoms with E-state index in [0.29, 0.717) is 18.3 Å². The van der Waals surface area contributed by atoms with E-state index in [0.717, 1.165) is 36.9 Å². The molecule has 2 aliphatic carbocycles. The molecule has 2 aliphatic rings. The van der Waals surface area contributed by atoms with Gasteiger partial charge in [-0.15, -0.1) is 0 Å². The molecule has 30 heavy (non-hydrogen) atoms. The fourth-order valence-corrected chi connectivity index (χ4v) is 6.31. The number of rotatable bonds is 7. The predicted octanol–water partition coefficient (Wildman–Crippen LogP) is 4.37. The van der Waals surface area contributed by atoms with Crippen molar-refractivity contribution in [1.82, 2.24) is 4.90 Å². The van der Waals surface area contributed by atoms with Gasteiger partial charge in [0, 0.05) is 18.4 Å². The van der Waals surface area contributed by atoms with Crippen LogP contribution in [0.4, 0.5) is 0 Å². The molecule has 4 nitrogen and oxygen atoms in total. The number of hydrogen-bond acceptors (Lipinski definition) is 3. The first-order chi connectivity index (χ1) is 14.4. The zero-order chi connectivity index (χ0) is 21.3. The molecular weight excluding hydrogens is 374 g/mol. The molecule has 0 heterocycles. The van der Waals surface area contributed by atoms with Gasteiger partial charge in [0.1, 0.15) is 0 Å². The van der Waals surface area contributed by atoms with Crippen LogP contribution >= 0.6 is 0 Å². The summed E-state index contributed by atoms with van der Waals surface area (Å²) in [4.78, 5) is 14.8. The van der Waals surface area contributed by atoms with Gasteiger partial charge < -0.3 is 15.1 Å². The number of nitrogens with zero attached hydrogens (tertiary/aromatic N) is 1. The summed E-state index contributed by atoms with van der Waals surface area (Å²) < 4.78 is 0. The van der Waals surface area contributed by atoms with Crippen LogP contribution in [0.15, 0.2) is 60.7 Å². The minimum absolute atomic E-state index is 0.0574. The van der Waals surface area contributed by atoms with E-state index >= 15 is 0 Å². The van der Waals surface area contributed by atoms with Crippen molar-refractivity contribution in [3.63, 3.8) is 0 Å². The first-order valence-corrected chi connectivity index (χ1v) is 11.1. The van der Waals surface area contributed by atoms with Crippen molar-refractivity contribution in [3.05, 3.63) is 71.8 Å². The topological polar surface area (TPSA) is 60.8 Å². The van der Waals surface area contributed by atoms with Crippen LogP contribution in [0.5, 0.6) is 0 Å². The summed E-state index contributed by atoms with van der Waals surface area (Å²) in [5.41, 5.74) is 0.615. The van der Waals surface area contributed by atoms with Crippen LogP contribution in [0.3, 0.4) is 0 Å². The highest BCUT2D eigenvalue weighted by Gasteiger charge is 2.57. The lowest BCUT2D eigenvalue weighted by Crippen LogP contribution is -2.55. The van der Waals surface area contributed by atoms with Crippen molar-refractivity contribution >= 4 is 5.97 Å². The van der Waals surface area contributed by atoms with Gasteiger partial charge >= 0.3 is 5.97 Å². The Balaban J connectivity index is 1.87. The summed E-state index contributed by atoms with van der Waals surface area (Å²) >= 11 is 0. The number of hydrogen-bond donors (Lipinski definition) is 2. The Hall–Kier alpha value is -2.17. The molecule has 0 saturated heterocycles. The third-order valence-electron chi connectivity index (χ3n) is 7.43. The lowest BCUT2D eigenvalue weighted by Gasteiger charge is -2.51. The molecule has 1 unspecified atom stereocenters. The lowest BCUT2D eigenvalue weighted by molar-refractivity contribution is -0.147. The molecule has 0 aliphatic heterocycles. The normalized spacial score (nSPS) is 30.2. The third kappa shape index (κ3) is 3.91. The number of benzene rings is 2. The molecule has 2 N–H and O–H groups in total. The molecule has 160 valence electrons. The van der Waals surface area contributed by atoms with Gasteiger partial charge in [-0.3, -0.25) is 4.79 Å². The molecule has 2 fully saturated rings. The number of carboxylic acid groups (broad SMARTS) is 1. The monoisotopic (exact) mass is 407 g/mol. The SMILES string of the molecule is CN(C)C[C@@H]1[C@@H]2CC[C@H](C2)C[C@@]1(O)C(c1ccccc1)[C@H](C(=O)O)c1ccccc1. The Kier molecular flexibility index (Phi) is 5.99. The van der Waals surface area contributed by atoms with Gasteiger partial charge in [-0.05, 0) is 56.3 Å². The van der Waals surface area contributed by atoms with E-state index in [1.807, 2.05) is 74.8 Å². The van der Waals surface area contributed by atoms with Gasteiger partial charge in [-0.2, -0.15) is 0 Å². The predicted molar refractivity (Wildman–Crippen MR) is 118 cm³/mol. The second-order valence-corrected chi connectivity index (χ2v) is 9.62. The average Bonchev–Trinajstić information content (AvgIpc) is 3.13. The molecule has 4 heteroatoms. The van der Waals surface area contributed by atoms with E-state index in [2.05, 4.69) is 4.90 Å². The van der Waals surface area contributed by atoms with Crippen LogP contribution in [-0.2, 0) is 4.79 Å². The van der Waals surface area contributed by atoms with Crippen molar-refractivity contribution in [2.75, 3.05) is 20.6 Å². The molecule has 6 atom stereocenters. The number of fused-ring (bicyclic) bond motifs is 2. The highest BCUT2D eigenvalue weighted by molar-refractivity contribution is 5.78. The van der Waals surface area contributed by atoms with Crippen LogP contribution in [0, 0.1) is 17.8 Å². The fraction of sp³-hybridized carbons (Fsp3) is 0.500. The quantitative estimate of drug-likeness (QED) is 0.716. The van der Waals surface area contributed by atoms with Crippen LogP contribution in [0.25, 0.3) is 0 Å². The van der Waals surface area contributed by atoms with Crippen molar-refractivity contribution < 1.29 is 15.0 Å². The third-order valence-corrected chi connectivity index (χ3v) is 7.43. The minimum Gasteiger partial charge on any atom is -0.481 e. The summed E-state index contributed by atoms with van der Waals surface area (Å²) in [5, 5.41) is 22.9. The molecule has 2 saturated carbocycles. The van der Waals surface area contributed by atoms with Gasteiger partial charge in [0.15, 0.2) is 0 Å². The van der Waals surface area contributed by atoms with Gasteiger partial charge in [-0.1, -0.05) is 67.1 Å². The Morgan fingerprint density at radius 2 is 1.63 bits per heavy atom. The standard InChI is InChI=1S/C26H33NO3/c1-27(2)17-22-21-14-13-18(15-21)16-26(22,30)24(20-11-7-4-8-12-20)23(25(28)29)19-9-5-3-6-10-19/h3-12,18,21-24,30H,13-17H2,1-2H3,(H,28,29)/t18-,21-,22-,23-,24?,26+/m1/s1. The molecule has 0 aromatic heterocycles. The van der Waals surface area contributed by atoms with Crippen molar-refractivity contribution in [1.29, 1.82) is 0 Å². The van der Waals surface area contributed by atoms with E-state index in [4.69, 9.17) is 0 Å². The van der Waals surface area contributed by atoms with Crippen LogP contribution in [0.1, 0.15) is 48.6 Å². The highest BCUT2D eigenvalue weighted by Crippen LogP contribution is 2.57. The molecule has 2 aromatic carbocycles. The minimum atomic E-state index is -1.06. The first-order valence-electron chi connectivity index (χ1n) is 11.1.